The third kappa shape index (κ3) is 6.12. The van der Waals surface area contributed by atoms with Gasteiger partial charge in [-0.25, -0.2) is 8.42 Å². The zero-order chi connectivity index (χ0) is 17.6. The summed E-state index contributed by atoms with van der Waals surface area (Å²) in [6.45, 7) is 3.19. The van der Waals surface area contributed by atoms with Gasteiger partial charge in [-0.05, 0) is 17.7 Å². The Morgan fingerprint density at radius 1 is 1.25 bits per heavy atom. The number of rotatable bonds is 5. The van der Waals surface area contributed by atoms with Gasteiger partial charge in [0.05, 0.1) is 11.5 Å². The molecule has 2 rings (SSSR count). The average molecular weight is 393 g/mol. The quantitative estimate of drug-likeness (QED) is 0.584. The van der Waals surface area contributed by atoms with Gasteiger partial charge in [0, 0.05) is 49.8 Å². The predicted molar refractivity (Wildman–Crippen MR) is 99.8 cm³/mol. The summed E-state index contributed by atoms with van der Waals surface area (Å²) < 4.78 is 22.8. The molecule has 0 atom stereocenters. The number of halogens is 2. The zero-order valence-corrected chi connectivity index (χ0v) is 15.9. The smallest absolute Gasteiger partial charge is 0.191 e. The molecule has 24 heavy (non-hydrogen) atoms. The van der Waals surface area contributed by atoms with Crippen molar-refractivity contribution in [3.8, 4) is 0 Å². The molecule has 1 aliphatic rings. The summed E-state index contributed by atoms with van der Waals surface area (Å²) in [5.41, 5.74) is 0.935. The lowest BCUT2D eigenvalue weighted by atomic mass is 10.2. The van der Waals surface area contributed by atoms with Crippen LogP contribution in [0.2, 0.25) is 10.0 Å². The minimum atomic E-state index is -2.83. The molecule has 0 spiro atoms. The molecule has 0 radical (unpaired) electrons. The molecule has 6 nitrogen and oxygen atoms in total. The van der Waals surface area contributed by atoms with E-state index in [0.717, 1.165) is 12.1 Å². The van der Waals surface area contributed by atoms with E-state index in [1.54, 1.807) is 19.2 Å². The molecule has 1 saturated heterocycles. The van der Waals surface area contributed by atoms with Gasteiger partial charge in [-0.15, -0.1) is 0 Å². The van der Waals surface area contributed by atoms with Gasteiger partial charge in [0.2, 0.25) is 0 Å². The summed E-state index contributed by atoms with van der Waals surface area (Å²) in [4.78, 5) is 6.30. The number of guanidine groups is 1. The first-order chi connectivity index (χ1) is 11.4. The monoisotopic (exact) mass is 392 g/mol. The second kappa shape index (κ2) is 8.89. The number of nitrogens with one attached hydrogen (secondary N) is 2. The van der Waals surface area contributed by atoms with Crippen molar-refractivity contribution in [2.24, 2.45) is 4.99 Å². The van der Waals surface area contributed by atoms with Crippen molar-refractivity contribution in [1.29, 1.82) is 0 Å². The predicted octanol–water partition coefficient (Wildman–Crippen LogP) is 1.39. The van der Waals surface area contributed by atoms with Gasteiger partial charge in [0.1, 0.15) is 0 Å². The van der Waals surface area contributed by atoms with E-state index in [9.17, 15) is 8.42 Å². The van der Waals surface area contributed by atoms with Crippen LogP contribution in [0.4, 0.5) is 0 Å². The zero-order valence-electron chi connectivity index (χ0n) is 13.6. The van der Waals surface area contributed by atoms with E-state index in [4.69, 9.17) is 23.2 Å². The summed E-state index contributed by atoms with van der Waals surface area (Å²) in [6.07, 6.45) is 0. The SMILES string of the molecule is CN=C(NCCN1CCS(=O)(=O)CC1)NCc1ccc(Cl)cc1Cl. The topological polar surface area (TPSA) is 73.8 Å². The van der Waals surface area contributed by atoms with E-state index in [2.05, 4.69) is 20.5 Å². The van der Waals surface area contributed by atoms with Crippen LogP contribution in [0.15, 0.2) is 23.2 Å². The summed E-state index contributed by atoms with van der Waals surface area (Å²) in [6, 6.07) is 5.38. The van der Waals surface area contributed by atoms with E-state index in [-0.39, 0.29) is 11.5 Å². The van der Waals surface area contributed by atoms with Gasteiger partial charge in [-0.3, -0.25) is 9.89 Å². The maximum absolute atomic E-state index is 11.4. The Bertz CT molecular complexity index is 681. The molecular formula is C15H22Cl2N4O2S. The molecule has 9 heteroatoms. The van der Waals surface area contributed by atoms with Crippen molar-refractivity contribution in [3.63, 3.8) is 0 Å². The molecule has 0 unspecified atom stereocenters. The van der Waals surface area contributed by atoms with E-state index >= 15 is 0 Å². The average Bonchev–Trinajstić information content (AvgIpc) is 2.53. The lowest BCUT2D eigenvalue weighted by Crippen LogP contribution is -2.45. The number of benzene rings is 1. The third-order valence-corrected chi connectivity index (χ3v) is 6.04. The largest absolute Gasteiger partial charge is 0.355 e. The van der Waals surface area contributed by atoms with Gasteiger partial charge in [-0.1, -0.05) is 29.3 Å². The first-order valence-electron chi connectivity index (χ1n) is 7.71. The van der Waals surface area contributed by atoms with E-state index in [1.165, 1.54) is 0 Å². The molecule has 0 bridgehead atoms. The second-order valence-electron chi connectivity index (χ2n) is 5.58. The second-order valence-corrected chi connectivity index (χ2v) is 8.73. The Morgan fingerprint density at radius 2 is 1.96 bits per heavy atom. The molecular weight excluding hydrogens is 371 g/mol. The normalized spacial score (nSPS) is 18.4. The number of hydrogen-bond donors (Lipinski definition) is 2. The van der Waals surface area contributed by atoms with E-state index < -0.39 is 9.84 Å². The van der Waals surface area contributed by atoms with Gasteiger partial charge >= 0.3 is 0 Å². The van der Waals surface area contributed by atoms with Crippen LogP contribution in [0, 0.1) is 0 Å². The maximum Gasteiger partial charge on any atom is 0.191 e. The molecule has 134 valence electrons. The van der Waals surface area contributed by atoms with Crippen molar-refractivity contribution < 1.29 is 8.42 Å². The van der Waals surface area contributed by atoms with Crippen LogP contribution in [0.1, 0.15) is 5.56 Å². The summed E-state index contributed by atoms with van der Waals surface area (Å²) in [7, 11) is -1.13. The molecule has 2 N–H and O–H groups in total. The lowest BCUT2D eigenvalue weighted by molar-refractivity contribution is 0.299. The third-order valence-electron chi connectivity index (χ3n) is 3.84. The first kappa shape index (κ1) is 19.3. The highest BCUT2D eigenvalue weighted by molar-refractivity contribution is 7.91. The fourth-order valence-electron chi connectivity index (χ4n) is 2.37. The van der Waals surface area contributed by atoms with Crippen LogP contribution >= 0.6 is 23.2 Å². The van der Waals surface area contributed by atoms with Gasteiger partial charge in [0.15, 0.2) is 15.8 Å². The molecule has 1 heterocycles. The molecule has 1 fully saturated rings. The molecule has 1 aromatic carbocycles. The number of nitrogens with zero attached hydrogens (tertiary/aromatic N) is 2. The maximum atomic E-state index is 11.4. The van der Waals surface area contributed by atoms with Crippen LogP contribution in [0.25, 0.3) is 0 Å². The van der Waals surface area contributed by atoms with Crippen LogP contribution in [-0.2, 0) is 16.4 Å². The fourth-order valence-corrected chi connectivity index (χ4v) is 4.12. The lowest BCUT2D eigenvalue weighted by Gasteiger charge is -2.26. The molecule has 0 aliphatic carbocycles. The van der Waals surface area contributed by atoms with E-state index in [0.29, 0.717) is 42.2 Å². The minimum absolute atomic E-state index is 0.245. The number of hydrogen-bond acceptors (Lipinski definition) is 4. The van der Waals surface area contributed by atoms with Crippen LogP contribution < -0.4 is 10.6 Å². The molecule has 1 aromatic rings. The minimum Gasteiger partial charge on any atom is -0.355 e. The highest BCUT2D eigenvalue weighted by Gasteiger charge is 2.20. The Kier molecular flexibility index (Phi) is 7.16. The Labute approximate surface area is 153 Å². The van der Waals surface area contributed by atoms with Gasteiger partial charge < -0.3 is 10.6 Å². The summed E-state index contributed by atoms with van der Waals surface area (Å²) in [5.74, 6) is 1.16. The van der Waals surface area contributed by atoms with E-state index in [1.807, 2.05) is 6.07 Å². The molecule has 0 amide bonds. The number of sulfone groups is 1. The van der Waals surface area contributed by atoms with Crippen molar-refractivity contribution in [2.45, 2.75) is 6.54 Å². The van der Waals surface area contributed by atoms with Crippen LogP contribution in [0.3, 0.4) is 0 Å². The Morgan fingerprint density at radius 3 is 2.58 bits per heavy atom. The van der Waals surface area contributed by atoms with Gasteiger partial charge in [-0.2, -0.15) is 0 Å². The standard InChI is InChI=1S/C15H22Cl2N4O2S/c1-18-15(20-11-12-2-3-13(16)10-14(12)17)19-4-5-21-6-8-24(22,23)9-7-21/h2-3,10H,4-9,11H2,1H3,(H2,18,19,20). The van der Waals surface area contributed by atoms with Gasteiger partial charge in [0.25, 0.3) is 0 Å². The van der Waals surface area contributed by atoms with Crippen LogP contribution in [-0.4, -0.2) is 64.0 Å². The van der Waals surface area contributed by atoms with Crippen molar-refractivity contribution in [1.82, 2.24) is 15.5 Å². The summed E-state index contributed by atoms with van der Waals surface area (Å²) in [5, 5.41) is 7.63. The van der Waals surface area contributed by atoms with Crippen molar-refractivity contribution in [2.75, 3.05) is 44.7 Å². The highest BCUT2D eigenvalue weighted by Crippen LogP contribution is 2.20. The molecule has 0 aromatic heterocycles. The van der Waals surface area contributed by atoms with Crippen molar-refractivity contribution >= 4 is 39.0 Å². The molecule has 1 aliphatic heterocycles. The first-order valence-corrected chi connectivity index (χ1v) is 10.3. The number of aliphatic imine (C=N–C) groups is 1. The summed E-state index contributed by atoms with van der Waals surface area (Å²) >= 11 is 12.0. The Hall–Kier alpha value is -1.02. The Balaban J connectivity index is 1.73. The van der Waals surface area contributed by atoms with Crippen LogP contribution in [0.5, 0.6) is 0 Å². The molecule has 0 saturated carbocycles. The highest BCUT2D eigenvalue weighted by atomic mass is 35.5. The van der Waals surface area contributed by atoms with Crippen molar-refractivity contribution in [3.05, 3.63) is 33.8 Å². The fraction of sp³-hybridized carbons (Fsp3) is 0.533.